The molecule has 0 bridgehead atoms. The van der Waals surface area contributed by atoms with Gasteiger partial charge >= 0.3 is 0 Å². The lowest BCUT2D eigenvalue weighted by Gasteiger charge is -2.22. The fraction of sp³-hybridized carbons (Fsp3) is 0.211. The number of amides is 1. The number of benzene rings is 2. The number of aromatic nitrogens is 2. The third kappa shape index (κ3) is 3.42. The van der Waals surface area contributed by atoms with Crippen LogP contribution >= 0.6 is 11.6 Å². The summed E-state index contributed by atoms with van der Waals surface area (Å²) in [5.41, 5.74) is 0.510. The predicted octanol–water partition coefficient (Wildman–Crippen LogP) is 4.65. The van der Waals surface area contributed by atoms with Gasteiger partial charge in [0.2, 0.25) is 11.7 Å². The molecular weight excluding hydrogens is 376 g/mol. The SMILES string of the molecule is O=C(c1ccc(F)cc1F)N1CCC[C@H]1c1nc(-c2cccc(Cl)c2)no1. The van der Waals surface area contributed by atoms with E-state index in [1.54, 1.807) is 24.3 Å². The molecule has 4 rings (SSSR count). The first kappa shape index (κ1) is 17.6. The first-order chi connectivity index (χ1) is 13.0. The topological polar surface area (TPSA) is 59.2 Å². The molecule has 2 heterocycles. The number of rotatable bonds is 3. The lowest BCUT2D eigenvalue weighted by atomic mass is 10.1. The summed E-state index contributed by atoms with van der Waals surface area (Å²) in [4.78, 5) is 18.6. The van der Waals surface area contributed by atoms with Crippen molar-refractivity contribution in [2.24, 2.45) is 0 Å². The van der Waals surface area contributed by atoms with Gasteiger partial charge in [-0.1, -0.05) is 28.9 Å². The van der Waals surface area contributed by atoms with Crippen molar-refractivity contribution in [3.8, 4) is 11.4 Å². The number of hydrogen-bond donors (Lipinski definition) is 0. The van der Waals surface area contributed by atoms with Crippen molar-refractivity contribution in [2.45, 2.75) is 18.9 Å². The van der Waals surface area contributed by atoms with E-state index >= 15 is 0 Å². The second-order valence-electron chi connectivity index (χ2n) is 6.25. The average molecular weight is 390 g/mol. The van der Waals surface area contributed by atoms with E-state index < -0.39 is 23.6 Å². The monoisotopic (exact) mass is 389 g/mol. The molecule has 138 valence electrons. The molecule has 8 heteroatoms. The highest BCUT2D eigenvalue weighted by molar-refractivity contribution is 6.30. The molecule has 1 amide bonds. The van der Waals surface area contributed by atoms with E-state index in [2.05, 4.69) is 10.1 Å². The van der Waals surface area contributed by atoms with E-state index in [0.717, 1.165) is 12.1 Å². The first-order valence-electron chi connectivity index (χ1n) is 8.38. The normalized spacial score (nSPS) is 16.7. The maximum absolute atomic E-state index is 14.0. The lowest BCUT2D eigenvalue weighted by molar-refractivity contribution is 0.0705. The van der Waals surface area contributed by atoms with Crippen LogP contribution in [0.5, 0.6) is 0 Å². The van der Waals surface area contributed by atoms with Crippen LogP contribution in [0.1, 0.15) is 35.1 Å². The van der Waals surface area contributed by atoms with Gasteiger partial charge in [-0.15, -0.1) is 0 Å². The smallest absolute Gasteiger partial charge is 0.257 e. The molecule has 0 aliphatic carbocycles. The number of carbonyl (C=O) groups excluding carboxylic acids is 1. The van der Waals surface area contributed by atoms with Crippen LogP contribution in [0, 0.1) is 11.6 Å². The Morgan fingerprint density at radius 2 is 2.07 bits per heavy atom. The summed E-state index contributed by atoms with van der Waals surface area (Å²) in [5, 5.41) is 4.51. The molecule has 1 aliphatic rings. The molecule has 5 nitrogen and oxygen atoms in total. The molecule has 27 heavy (non-hydrogen) atoms. The highest BCUT2D eigenvalue weighted by Crippen LogP contribution is 2.33. The minimum Gasteiger partial charge on any atom is -0.337 e. The van der Waals surface area contributed by atoms with Gasteiger partial charge in [-0.3, -0.25) is 4.79 Å². The Morgan fingerprint density at radius 1 is 1.22 bits per heavy atom. The fourth-order valence-corrected chi connectivity index (χ4v) is 3.39. The maximum atomic E-state index is 14.0. The zero-order chi connectivity index (χ0) is 19.0. The number of nitrogens with zero attached hydrogens (tertiary/aromatic N) is 3. The Bertz CT molecular complexity index is 1010. The van der Waals surface area contributed by atoms with Gasteiger partial charge in [0.15, 0.2) is 0 Å². The molecule has 1 aromatic heterocycles. The highest BCUT2D eigenvalue weighted by Gasteiger charge is 2.35. The van der Waals surface area contributed by atoms with Gasteiger partial charge in [-0.25, -0.2) is 8.78 Å². The van der Waals surface area contributed by atoms with Crippen molar-refractivity contribution < 1.29 is 18.1 Å². The second-order valence-corrected chi connectivity index (χ2v) is 6.68. The van der Waals surface area contributed by atoms with E-state index in [1.807, 2.05) is 0 Å². The quantitative estimate of drug-likeness (QED) is 0.654. The Kier molecular flexibility index (Phi) is 4.61. The number of halogens is 3. The molecule has 0 spiro atoms. The van der Waals surface area contributed by atoms with Crippen LogP contribution < -0.4 is 0 Å². The van der Waals surface area contributed by atoms with Gasteiger partial charge in [-0.05, 0) is 37.1 Å². The van der Waals surface area contributed by atoms with E-state index in [0.29, 0.717) is 41.9 Å². The van der Waals surface area contributed by atoms with Gasteiger partial charge in [0.25, 0.3) is 5.91 Å². The zero-order valence-electron chi connectivity index (χ0n) is 14.0. The summed E-state index contributed by atoms with van der Waals surface area (Å²) < 4.78 is 32.5. The number of hydrogen-bond acceptors (Lipinski definition) is 4. The number of carbonyl (C=O) groups is 1. The summed E-state index contributed by atoms with van der Waals surface area (Å²) in [6.45, 7) is 0.426. The summed E-state index contributed by atoms with van der Waals surface area (Å²) in [7, 11) is 0. The van der Waals surface area contributed by atoms with Crippen molar-refractivity contribution in [1.82, 2.24) is 15.0 Å². The molecule has 1 atom stereocenters. The van der Waals surface area contributed by atoms with Crippen LogP contribution in [0.3, 0.4) is 0 Å². The lowest BCUT2D eigenvalue weighted by Crippen LogP contribution is -2.31. The minimum absolute atomic E-state index is 0.183. The van der Waals surface area contributed by atoms with Crippen LogP contribution in [0.2, 0.25) is 5.02 Å². The molecule has 0 saturated carbocycles. The van der Waals surface area contributed by atoms with Crippen molar-refractivity contribution >= 4 is 17.5 Å². The molecule has 0 radical (unpaired) electrons. The van der Waals surface area contributed by atoms with Crippen molar-refractivity contribution in [1.29, 1.82) is 0 Å². The van der Waals surface area contributed by atoms with Crippen molar-refractivity contribution in [3.63, 3.8) is 0 Å². The summed E-state index contributed by atoms with van der Waals surface area (Å²) >= 11 is 5.99. The van der Waals surface area contributed by atoms with Gasteiger partial charge in [0.05, 0.1) is 5.56 Å². The average Bonchev–Trinajstić information content (AvgIpc) is 3.30. The van der Waals surface area contributed by atoms with Gasteiger partial charge < -0.3 is 9.42 Å². The van der Waals surface area contributed by atoms with Crippen LogP contribution in [0.25, 0.3) is 11.4 Å². The van der Waals surface area contributed by atoms with E-state index in [9.17, 15) is 13.6 Å². The Balaban J connectivity index is 1.61. The third-order valence-electron chi connectivity index (χ3n) is 4.48. The molecule has 3 aromatic rings. The highest BCUT2D eigenvalue weighted by atomic mass is 35.5. The first-order valence-corrected chi connectivity index (χ1v) is 8.76. The zero-order valence-corrected chi connectivity index (χ0v) is 14.8. The van der Waals surface area contributed by atoms with E-state index in [4.69, 9.17) is 16.1 Å². The van der Waals surface area contributed by atoms with Crippen molar-refractivity contribution in [3.05, 3.63) is 70.6 Å². The summed E-state index contributed by atoms with van der Waals surface area (Å²) in [5.74, 6) is -1.52. The van der Waals surface area contributed by atoms with Gasteiger partial charge in [-0.2, -0.15) is 4.98 Å². The maximum Gasteiger partial charge on any atom is 0.257 e. The van der Waals surface area contributed by atoms with Gasteiger partial charge in [0, 0.05) is 23.2 Å². The molecule has 1 saturated heterocycles. The molecule has 1 aliphatic heterocycles. The molecular formula is C19H14ClF2N3O2. The van der Waals surface area contributed by atoms with E-state index in [-0.39, 0.29) is 11.5 Å². The second kappa shape index (κ2) is 7.08. The Labute approximate surface area is 158 Å². The molecule has 0 unspecified atom stereocenters. The Hall–Kier alpha value is -2.80. The predicted molar refractivity (Wildman–Crippen MR) is 94.1 cm³/mol. The van der Waals surface area contributed by atoms with Crippen molar-refractivity contribution in [2.75, 3.05) is 6.54 Å². The van der Waals surface area contributed by atoms with Crippen LogP contribution in [0.4, 0.5) is 8.78 Å². The molecule has 1 fully saturated rings. The van der Waals surface area contributed by atoms with E-state index in [1.165, 1.54) is 4.90 Å². The Morgan fingerprint density at radius 3 is 2.85 bits per heavy atom. The largest absolute Gasteiger partial charge is 0.337 e. The van der Waals surface area contributed by atoms with Crippen LogP contribution in [-0.4, -0.2) is 27.5 Å². The number of likely N-dealkylation sites (tertiary alicyclic amines) is 1. The molecule has 2 aromatic carbocycles. The van der Waals surface area contributed by atoms with Crippen LogP contribution in [0.15, 0.2) is 47.0 Å². The van der Waals surface area contributed by atoms with Gasteiger partial charge in [0.1, 0.15) is 17.7 Å². The summed E-state index contributed by atoms with van der Waals surface area (Å²) in [6, 6.07) is 9.47. The summed E-state index contributed by atoms with van der Waals surface area (Å²) in [6.07, 6.45) is 1.33. The fourth-order valence-electron chi connectivity index (χ4n) is 3.20. The standard InChI is InChI=1S/C19H14ClF2N3O2/c20-12-4-1-3-11(9-12)17-23-18(27-24-17)16-5-2-8-25(16)19(26)14-7-6-13(21)10-15(14)22/h1,3-4,6-7,9-10,16H,2,5,8H2/t16-/m0/s1. The molecule has 0 N–H and O–H groups in total. The minimum atomic E-state index is -0.893. The van der Waals surface area contributed by atoms with Crippen LogP contribution in [-0.2, 0) is 0 Å². The third-order valence-corrected chi connectivity index (χ3v) is 4.72.